The van der Waals surface area contributed by atoms with E-state index in [-0.39, 0.29) is 30.2 Å². The molecule has 8 nitrogen and oxygen atoms in total. The number of carbonyl (C=O) groups is 1. The van der Waals surface area contributed by atoms with Gasteiger partial charge in [0.15, 0.2) is 5.82 Å². The lowest BCUT2D eigenvalue weighted by molar-refractivity contribution is -0.118. The van der Waals surface area contributed by atoms with Gasteiger partial charge >= 0.3 is 0 Å². The van der Waals surface area contributed by atoms with Gasteiger partial charge in [-0.1, -0.05) is 35.9 Å². The first-order valence-electron chi connectivity index (χ1n) is 9.31. The van der Waals surface area contributed by atoms with Crippen LogP contribution in [0.1, 0.15) is 30.7 Å². The summed E-state index contributed by atoms with van der Waals surface area (Å²) < 4.78 is 27.8. The fourth-order valence-corrected chi connectivity index (χ4v) is 3.90. The summed E-state index contributed by atoms with van der Waals surface area (Å²) in [4.78, 5) is 22.3. The topological polar surface area (TPSA) is 98.5 Å². The van der Waals surface area contributed by atoms with Crippen LogP contribution in [0.25, 0.3) is 11.4 Å². The highest BCUT2D eigenvalue weighted by atomic mass is 35.5. The number of aryl methyl sites for hydroxylation is 1. The molecule has 1 saturated carbocycles. The molecule has 2 aromatic heterocycles. The molecule has 0 saturated heterocycles. The third-order valence-corrected chi connectivity index (χ3v) is 5.27. The molecule has 156 valence electrons. The highest BCUT2D eigenvalue weighted by Crippen LogP contribution is 2.45. The molecule has 3 aromatic rings. The first kappa shape index (κ1) is 20.3. The molecule has 0 bridgehead atoms. The molecule has 1 aromatic carbocycles. The maximum atomic E-state index is 13.9. The van der Waals surface area contributed by atoms with Gasteiger partial charge in [0.1, 0.15) is 5.15 Å². The zero-order valence-corrected chi connectivity index (χ0v) is 16.7. The fourth-order valence-electron chi connectivity index (χ4n) is 3.75. The van der Waals surface area contributed by atoms with Gasteiger partial charge in [-0.3, -0.25) is 9.78 Å². The molecule has 1 fully saturated rings. The lowest BCUT2D eigenvalue weighted by atomic mass is 9.83. The van der Waals surface area contributed by atoms with Gasteiger partial charge in [-0.25, -0.2) is 13.8 Å². The monoisotopic (exact) mass is 433 g/mol. The maximum absolute atomic E-state index is 13.9. The van der Waals surface area contributed by atoms with Gasteiger partial charge in [-0.15, -0.1) is 10.2 Å². The van der Waals surface area contributed by atoms with Gasteiger partial charge in [-0.2, -0.15) is 4.80 Å². The van der Waals surface area contributed by atoms with Crippen molar-refractivity contribution < 1.29 is 13.6 Å². The van der Waals surface area contributed by atoms with Crippen LogP contribution in [0.15, 0.2) is 36.7 Å². The van der Waals surface area contributed by atoms with E-state index in [2.05, 4.69) is 30.7 Å². The van der Waals surface area contributed by atoms with Gasteiger partial charge in [0.25, 0.3) is 0 Å². The Bertz CT molecular complexity index is 1060. The molecule has 1 amide bonds. The number of alkyl halides is 2. The summed E-state index contributed by atoms with van der Waals surface area (Å²) in [7, 11) is 1.66. The van der Waals surface area contributed by atoms with Crippen LogP contribution in [0.3, 0.4) is 0 Å². The van der Waals surface area contributed by atoms with E-state index < -0.39 is 23.7 Å². The van der Waals surface area contributed by atoms with Crippen molar-refractivity contribution in [1.29, 1.82) is 0 Å². The zero-order chi connectivity index (χ0) is 21.3. The van der Waals surface area contributed by atoms with Gasteiger partial charge in [0, 0.05) is 18.4 Å². The Kier molecular flexibility index (Phi) is 5.42. The minimum absolute atomic E-state index is 0.123. The minimum Gasteiger partial charge on any atom is -0.309 e. The number of amides is 1. The van der Waals surface area contributed by atoms with Crippen LogP contribution >= 0.6 is 11.6 Å². The molecule has 2 atom stereocenters. The summed E-state index contributed by atoms with van der Waals surface area (Å²) >= 11 is 5.82. The minimum atomic E-state index is -2.78. The van der Waals surface area contributed by atoms with E-state index in [0.29, 0.717) is 17.0 Å². The van der Waals surface area contributed by atoms with E-state index >= 15 is 0 Å². The van der Waals surface area contributed by atoms with Crippen molar-refractivity contribution in [1.82, 2.24) is 30.2 Å². The molecular weight excluding hydrogens is 416 g/mol. The second-order valence-corrected chi connectivity index (χ2v) is 7.66. The van der Waals surface area contributed by atoms with Crippen LogP contribution in [0.2, 0.25) is 5.15 Å². The van der Waals surface area contributed by atoms with Gasteiger partial charge < -0.3 is 5.32 Å². The van der Waals surface area contributed by atoms with Crippen molar-refractivity contribution in [2.24, 2.45) is 13.0 Å². The van der Waals surface area contributed by atoms with Crippen LogP contribution in [-0.2, 0) is 11.8 Å². The van der Waals surface area contributed by atoms with Crippen LogP contribution in [0, 0.1) is 5.92 Å². The average Bonchev–Trinajstić information content (AvgIpc) is 3.28. The Hall–Kier alpha value is -3.01. The van der Waals surface area contributed by atoms with E-state index in [4.69, 9.17) is 11.6 Å². The molecule has 2 heterocycles. The summed E-state index contributed by atoms with van der Waals surface area (Å²) in [6.07, 6.45) is 2.36. The summed E-state index contributed by atoms with van der Waals surface area (Å²) in [6.45, 7) is 0. The van der Waals surface area contributed by atoms with Crippen LogP contribution in [0.5, 0.6) is 0 Å². The Morgan fingerprint density at radius 3 is 2.67 bits per heavy atom. The number of halogens is 3. The fraction of sp³-hybridized carbons (Fsp3) is 0.368. The largest absolute Gasteiger partial charge is 0.309 e. The summed E-state index contributed by atoms with van der Waals surface area (Å²) in [5, 5.41) is 14.7. The molecular formula is C19H18ClF2N7O. The summed E-state index contributed by atoms with van der Waals surface area (Å²) in [5.74, 6) is -3.88. The number of benzene rings is 1. The lowest BCUT2D eigenvalue weighted by Crippen LogP contribution is -2.28. The number of aromatic nitrogens is 6. The standard InChI is InChI=1S/C19H18ClF2N7O/c1-29-27-17(26-28-29)12-4-2-11(3-5-12)16(13-6-7-19(21,22)8-13)18(30)25-15-10-23-9-14(20)24-15/h2-5,9-10,13,16H,6-8H2,1H3,(H,24,25,30)/t13-,16+/m0/s1. The first-order valence-corrected chi connectivity index (χ1v) is 9.69. The van der Waals surface area contributed by atoms with Crippen molar-refractivity contribution in [3.8, 4) is 11.4 Å². The number of hydrogen-bond acceptors (Lipinski definition) is 6. The molecule has 1 N–H and O–H groups in total. The number of hydrogen-bond donors (Lipinski definition) is 1. The van der Waals surface area contributed by atoms with Crippen molar-refractivity contribution in [2.75, 3.05) is 5.32 Å². The SMILES string of the molecule is Cn1nnc(-c2ccc([C@@H](C(=O)Nc3cncc(Cl)n3)[C@H]3CCC(F)(F)C3)cc2)n1. The number of carbonyl (C=O) groups excluding carboxylic acids is 1. The Balaban J connectivity index is 1.62. The van der Waals surface area contributed by atoms with Crippen molar-refractivity contribution in [3.05, 3.63) is 47.4 Å². The smallest absolute Gasteiger partial charge is 0.248 e. The normalized spacial score (nSPS) is 18.9. The third-order valence-electron chi connectivity index (χ3n) is 5.09. The maximum Gasteiger partial charge on any atom is 0.248 e. The predicted molar refractivity (Wildman–Crippen MR) is 105 cm³/mol. The molecule has 1 aliphatic carbocycles. The highest BCUT2D eigenvalue weighted by molar-refractivity contribution is 6.29. The van der Waals surface area contributed by atoms with E-state index in [1.54, 1.807) is 31.3 Å². The number of rotatable bonds is 5. The molecule has 0 radical (unpaired) electrons. The van der Waals surface area contributed by atoms with Crippen LogP contribution in [0.4, 0.5) is 14.6 Å². The second-order valence-electron chi connectivity index (χ2n) is 7.28. The van der Waals surface area contributed by atoms with Gasteiger partial charge in [-0.05, 0) is 23.1 Å². The van der Waals surface area contributed by atoms with E-state index in [1.165, 1.54) is 17.2 Å². The van der Waals surface area contributed by atoms with Crippen molar-refractivity contribution in [2.45, 2.75) is 31.1 Å². The number of anilines is 1. The van der Waals surface area contributed by atoms with Crippen LogP contribution in [-0.4, -0.2) is 42.0 Å². The Morgan fingerprint density at radius 2 is 2.07 bits per heavy atom. The Morgan fingerprint density at radius 1 is 1.30 bits per heavy atom. The number of nitrogens with one attached hydrogen (secondary N) is 1. The molecule has 30 heavy (non-hydrogen) atoms. The van der Waals surface area contributed by atoms with Gasteiger partial charge in [0.2, 0.25) is 17.7 Å². The van der Waals surface area contributed by atoms with Crippen molar-refractivity contribution in [3.63, 3.8) is 0 Å². The Labute approximate surface area is 175 Å². The second kappa shape index (κ2) is 8.02. The third kappa shape index (κ3) is 4.43. The quantitative estimate of drug-likeness (QED) is 0.661. The lowest BCUT2D eigenvalue weighted by Gasteiger charge is -2.23. The molecule has 11 heteroatoms. The first-order chi connectivity index (χ1) is 14.3. The highest BCUT2D eigenvalue weighted by Gasteiger charge is 2.45. The number of nitrogens with zero attached hydrogens (tertiary/aromatic N) is 6. The molecule has 0 aliphatic heterocycles. The summed E-state index contributed by atoms with van der Waals surface area (Å²) in [5.41, 5.74) is 1.33. The van der Waals surface area contributed by atoms with E-state index in [1.807, 2.05) is 0 Å². The number of tetrazole rings is 1. The molecule has 0 unspecified atom stereocenters. The van der Waals surface area contributed by atoms with Gasteiger partial charge in [0.05, 0.1) is 25.4 Å². The van der Waals surface area contributed by atoms with E-state index in [9.17, 15) is 13.6 Å². The van der Waals surface area contributed by atoms with Crippen LogP contribution < -0.4 is 5.32 Å². The van der Waals surface area contributed by atoms with Crippen molar-refractivity contribution >= 4 is 23.3 Å². The molecule has 0 spiro atoms. The zero-order valence-electron chi connectivity index (χ0n) is 16.0. The molecule has 1 aliphatic rings. The molecule has 4 rings (SSSR count). The van der Waals surface area contributed by atoms with E-state index in [0.717, 1.165) is 0 Å². The average molecular weight is 434 g/mol. The summed E-state index contributed by atoms with van der Waals surface area (Å²) in [6, 6.07) is 6.96. The predicted octanol–water partition coefficient (Wildman–Crippen LogP) is 3.48.